The lowest BCUT2D eigenvalue weighted by molar-refractivity contribution is -0.121. The number of ether oxygens (including phenoxy) is 1. The third-order valence-corrected chi connectivity index (χ3v) is 5.65. The van der Waals surface area contributed by atoms with Gasteiger partial charge < -0.3 is 24.8 Å². The van der Waals surface area contributed by atoms with E-state index in [0.717, 1.165) is 0 Å². The molecule has 1 aliphatic heterocycles. The van der Waals surface area contributed by atoms with Gasteiger partial charge in [-0.1, -0.05) is 0 Å². The van der Waals surface area contributed by atoms with Gasteiger partial charge in [0.25, 0.3) is 5.88 Å². The van der Waals surface area contributed by atoms with Gasteiger partial charge in [-0.05, 0) is 19.6 Å². The number of aryl methyl sites for hydroxylation is 1. The molecule has 1 aliphatic rings. The van der Waals surface area contributed by atoms with E-state index in [1.165, 1.54) is 7.11 Å². The van der Waals surface area contributed by atoms with Gasteiger partial charge in [0.15, 0.2) is 17.0 Å². The Morgan fingerprint density at radius 1 is 1.36 bits per heavy atom. The van der Waals surface area contributed by atoms with Crippen LogP contribution in [0.1, 0.15) is 26.3 Å². The van der Waals surface area contributed by atoms with Crippen LogP contribution in [-0.2, 0) is 11.8 Å². The maximum atomic E-state index is 14.7. The number of anilines is 3. The number of nitrogens with one attached hydrogen (secondary N) is 2. The highest BCUT2D eigenvalue weighted by atomic mass is 32.1. The van der Waals surface area contributed by atoms with E-state index < -0.39 is 12.2 Å². The molecule has 4 rings (SSSR count). The van der Waals surface area contributed by atoms with Crippen LogP contribution < -0.4 is 20.3 Å². The van der Waals surface area contributed by atoms with Crippen LogP contribution in [0.5, 0.6) is 5.88 Å². The number of hydrogen-bond acceptors (Lipinski definition) is 9. The van der Waals surface area contributed by atoms with Gasteiger partial charge in [-0.3, -0.25) is 9.48 Å². The number of thiol groups is 1. The molecule has 0 radical (unpaired) electrons. The minimum Gasteiger partial charge on any atom is -0.478 e. The van der Waals surface area contributed by atoms with Crippen LogP contribution in [0.4, 0.5) is 21.8 Å². The predicted molar refractivity (Wildman–Crippen MR) is 126 cm³/mol. The van der Waals surface area contributed by atoms with Crippen molar-refractivity contribution in [2.75, 3.05) is 36.2 Å². The first-order valence-electron chi connectivity index (χ1n) is 10.7. The summed E-state index contributed by atoms with van der Waals surface area (Å²) in [6.07, 6.45) is 2.48. The lowest BCUT2D eigenvalue weighted by Crippen LogP contribution is -2.41. The van der Waals surface area contributed by atoms with Crippen molar-refractivity contribution < 1.29 is 13.9 Å². The Balaban J connectivity index is 1.70. The zero-order valence-corrected chi connectivity index (χ0v) is 19.9. The van der Waals surface area contributed by atoms with Crippen molar-refractivity contribution in [2.45, 2.75) is 38.5 Å². The monoisotopic (exact) mass is 477 g/mol. The third kappa shape index (κ3) is 4.68. The highest BCUT2D eigenvalue weighted by Crippen LogP contribution is 2.31. The van der Waals surface area contributed by atoms with Crippen molar-refractivity contribution in [3.05, 3.63) is 12.5 Å². The molecule has 2 atom stereocenters. The third-order valence-electron chi connectivity index (χ3n) is 5.42. The van der Waals surface area contributed by atoms with Gasteiger partial charge in [0, 0.05) is 26.1 Å². The van der Waals surface area contributed by atoms with E-state index in [4.69, 9.17) is 9.72 Å². The fourth-order valence-corrected chi connectivity index (χ4v) is 3.99. The molecule has 3 aromatic heterocycles. The van der Waals surface area contributed by atoms with E-state index in [1.807, 2.05) is 18.4 Å². The summed E-state index contributed by atoms with van der Waals surface area (Å²) in [5.74, 6) is 1.40. The maximum absolute atomic E-state index is 14.7. The molecule has 1 saturated heterocycles. The molecule has 0 bridgehead atoms. The Morgan fingerprint density at radius 2 is 2.15 bits per heavy atom. The average molecular weight is 478 g/mol. The molecule has 13 heteroatoms. The number of carbonyl (C=O) groups excluding carboxylic acids is 1. The zero-order valence-electron chi connectivity index (χ0n) is 19.0. The summed E-state index contributed by atoms with van der Waals surface area (Å²) < 4.78 is 23.6. The number of imidazole rings is 1. The van der Waals surface area contributed by atoms with Crippen molar-refractivity contribution in [1.82, 2.24) is 34.6 Å². The number of halogens is 1. The van der Waals surface area contributed by atoms with Crippen molar-refractivity contribution in [3.8, 4) is 5.88 Å². The molecule has 0 unspecified atom stereocenters. The topological polar surface area (TPSA) is 115 Å². The number of fused-ring (bicyclic) bond motifs is 1. The van der Waals surface area contributed by atoms with Crippen LogP contribution in [-0.4, -0.2) is 73.4 Å². The van der Waals surface area contributed by atoms with E-state index in [2.05, 4.69) is 38.3 Å². The minimum absolute atomic E-state index is 0.0722. The van der Waals surface area contributed by atoms with E-state index in [9.17, 15) is 9.18 Å². The Bertz CT molecular complexity index is 1150. The second-order valence-electron chi connectivity index (χ2n) is 8.21. The molecule has 0 aliphatic carbocycles. The molecular formula is C20H28FN9O2S. The average Bonchev–Trinajstić information content (AvgIpc) is 3.45. The smallest absolute Gasteiger partial charge is 0.256 e. The fourth-order valence-electron chi connectivity index (χ4n) is 3.79. The quantitative estimate of drug-likeness (QED) is 0.421. The molecule has 0 spiro atoms. The van der Waals surface area contributed by atoms with Crippen molar-refractivity contribution in [2.24, 2.45) is 7.05 Å². The van der Waals surface area contributed by atoms with Crippen LogP contribution in [0, 0.1) is 0 Å². The second kappa shape index (κ2) is 9.41. The van der Waals surface area contributed by atoms with Gasteiger partial charge in [-0.15, -0.1) is 5.10 Å². The molecule has 11 nitrogen and oxygen atoms in total. The fraction of sp³-hybridized carbons (Fsp3) is 0.550. The number of aromatic nitrogens is 6. The Kier molecular flexibility index (Phi) is 6.58. The number of amides is 1. The van der Waals surface area contributed by atoms with Gasteiger partial charge in [0.1, 0.15) is 11.9 Å². The number of methoxy groups -OCH3 is 1. The van der Waals surface area contributed by atoms with E-state index in [0.29, 0.717) is 40.3 Å². The molecular weight excluding hydrogens is 449 g/mol. The van der Waals surface area contributed by atoms with E-state index in [-0.39, 0.29) is 31.5 Å². The molecule has 1 amide bonds. The first-order chi connectivity index (χ1) is 15.8. The number of carbonyl (C=O) groups is 1. The Hall–Kier alpha value is -3.09. The summed E-state index contributed by atoms with van der Waals surface area (Å²) in [5.41, 5.74) is 1.82. The van der Waals surface area contributed by atoms with E-state index in [1.54, 1.807) is 29.2 Å². The Morgan fingerprint density at radius 3 is 2.85 bits per heavy atom. The summed E-state index contributed by atoms with van der Waals surface area (Å²) in [6, 6.07) is -0.527. The minimum atomic E-state index is -1.24. The number of hydrogen-bond donors (Lipinski definition) is 3. The molecule has 2 N–H and O–H groups in total. The summed E-state index contributed by atoms with van der Waals surface area (Å²) >= 11 is 4.06. The van der Waals surface area contributed by atoms with Gasteiger partial charge in [0.05, 0.1) is 32.2 Å². The zero-order chi connectivity index (χ0) is 23.7. The summed E-state index contributed by atoms with van der Waals surface area (Å²) in [6.45, 7) is 4.39. The van der Waals surface area contributed by atoms with Crippen LogP contribution in [0.3, 0.4) is 0 Å². The molecule has 0 aromatic carbocycles. The first kappa shape index (κ1) is 23.1. The number of nitrogens with zero attached hydrogens (tertiary/aromatic N) is 7. The van der Waals surface area contributed by atoms with Crippen molar-refractivity contribution in [3.63, 3.8) is 0 Å². The van der Waals surface area contributed by atoms with Gasteiger partial charge in [-0.25, -0.2) is 9.37 Å². The molecule has 0 saturated carbocycles. The normalized spacial score (nSPS) is 18.3. The molecule has 1 fully saturated rings. The summed E-state index contributed by atoms with van der Waals surface area (Å²) in [5, 5.41) is 10.2. The van der Waals surface area contributed by atoms with Crippen LogP contribution in [0.25, 0.3) is 11.2 Å². The van der Waals surface area contributed by atoms with Crippen LogP contribution >= 0.6 is 12.6 Å². The number of alkyl halides is 1. The molecule has 33 heavy (non-hydrogen) atoms. The first-order valence-corrected chi connectivity index (χ1v) is 11.3. The maximum Gasteiger partial charge on any atom is 0.256 e. The van der Waals surface area contributed by atoms with Crippen molar-refractivity contribution >= 4 is 47.2 Å². The summed E-state index contributed by atoms with van der Waals surface area (Å²) in [4.78, 5) is 27.6. The summed E-state index contributed by atoms with van der Waals surface area (Å²) in [7, 11) is 3.33. The van der Waals surface area contributed by atoms with E-state index >= 15 is 0 Å². The largest absolute Gasteiger partial charge is 0.478 e. The van der Waals surface area contributed by atoms with Crippen LogP contribution in [0.15, 0.2) is 12.5 Å². The van der Waals surface area contributed by atoms with Gasteiger partial charge in [0.2, 0.25) is 11.9 Å². The van der Waals surface area contributed by atoms with Gasteiger partial charge in [-0.2, -0.15) is 22.6 Å². The Labute approximate surface area is 196 Å². The van der Waals surface area contributed by atoms with Gasteiger partial charge >= 0.3 is 0 Å². The molecule has 3 aromatic rings. The lowest BCUT2D eigenvalue weighted by Gasteiger charge is -2.18. The predicted octanol–water partition coefficient (Wildman–Crippen LogP) is 1.86. The molecule has 178 valence electrons. The van der Waals surface area contributed by atoms with Crippen molar-refractivity contribution in [1.29, 1.82) is 0 Å². The van der Waals surface area contributed by atoms with Crippen LogP contribution in [0.2, 0.25) is 0 Å². The SMILES string of the molecule is COc1nn(C)cc1Nc1nc(N2C[C@@H](F)[C@H](NC(=O)CCS)C2)nc2c1ncn2C(C)C. The lowest BCUT2D eigenvalue weighted by atomic mass is 10.2. The molecule has 4 heterocycles. The number of rotatable bonds is 8. The highest BCUT2D eigenvalue weighted by molar-refractivity contribution is 7.80. The standard InChI is InChI=1S/C20H28FN9O2S/c1-11(2)30-10-22-16-17(24-14-8-28(3)27-19(14)32-4)25-20(26-18(16)30)29-7-12(21)13(9-29)23-15(31)5-6-33/h8,10-13,33H,5-7,9H2,1-4H3,(H,23,31)(H,24,25,26)/t12-,13-/m1/s1. The second-order valence-corrected chi connectivity index (χ2v) is 8.66. The highest BCUT2D eigenvalue weighted by Gasteiger charge is 2.36.